The van der Waals surface area contributed by atoms with Crippen LogP contribution in [0.5, 0.6) is 0 Å². The SMILES string of the molecule is CCOCCCCNC(C)c1cccnc1. The van der Waals surface area contributed by atoms with Gasteiger partial charge in [-0.1, -0.05) is 6.07 Å². The van der Waals surface area contributed by atoms with Crippen LogP contribution in [0, 0.1) is 0 Å². The molecule has 0 radical (unpaired) electrons. The number of rotatable bonds is 8. The number of hydrogen-bond donors (Lipinski definition) is 1. The van der Waals surface area contributed by atoms with E-state index in [0.717, 1.165) is 32.6 Å². The lowest BCUT2D eigenvalue weighted by Gasteiger charge is -2.13. The summed E-state index contributed by atoms with van der Waals surface area (Å²) in [5, 5.41) is 3.48. The minimum Gasteiger partial charge on any atom is -0.382 e. The molecule has 1 heterocycles. The number of nitrogens with one attached hydrogen (secondary N) is 1. The summed E-state index contributed by atoms with van der Waals surface area (Å²) in [6, 6.07) is 4.45. The van der Waals surface area contributed by atoms with Crippen molar-refractivity contribution in [2.75, 3.05) is 19.8 Å². The van der Waals surface area contributed by atoms with E-state index in [2.05, 4.69) is 23.3 Å². The third-order valence-corrected chi connectivity index (χ3v) is 2.55. The number of pyridine rings is 1. The maximum atomic E-state index is 5.29. The molecule has 90 valence electrons. The van der Waals surface area contributed by atoms with Gasteiger partial charge in [-0.25, -0.2) is 0 Å². The van der Waals surface area contributed by atoms with Crippen molar-refractivity contribution in [2.45, 2.75) is 32.7 Å². The molecule has 1 rings (SSSR count). The Labute approximate surface area is 98.2 Å². The van der Waals surface area contributed by atoms with Gasteiger partial charge in [0.25, 0.3) is 0 Å². The predicted molar refractivity (Wildman–Crippen MR) is 66.4 cm³/mol. The highest BCUT2D eigenvalue weighted by Gasteiger charge is 2.02. The van der Waals surface area contributed by atoms with E-state index in [1.807, 2.05) is 19.2 Å². The molecule has 1 aromatic rings. The molecule has 1 N–H and O–H groups in total. The molecular weight excluding hydrogens is 200 g/mol. The summed E-state index contributed by atoms with van der Waals surface area (Å²) < 4.78 is 5.29. The molecule has 0 aliphatic carbocycles. The minimum absolute atomic E-state index is 0.376. The average molecular weight is 222 g/mol. The molecule has 0 saturated heterocycles. The number of hydrogen-bond acceptors (Lipinski definition) is 3. The fraction of sp³-hybridized carbons (Fsp3) is 0.615. The van der Waals surface area contributed by atoms with Gasteiger partial charge in [0.1, 0.15) is 0 Å². The van der Waals surface area contributed by atoms with Crippen molar-refractivity contribution in [1.29, 1.82) is 0 Å². The first-order chi connectivity index (χ1) is 7.84. The van der Waals surface area contributed by atoms with Crippen molar-refractivity contribution in [3.63, 3.8) is 0 Å². The molecule has 1 atom stereocenters. The molecule has 1 aromatic heterocycles. The molecule has 0 aromatic carbocycles. The maximum Gasteiger partial charge on any atom is 0.0466 e. The van der Waals surface area contributed by atoms with Crippen molar-refractivity contribution >= 4 is 0 Å². The summed E-state index contributed by atoms with van der Waals surface area (Å²) in [5.41, 5.74) is 1.24. The summed E-state index contributed by atoms with van der Waals surface area (Å²) in [4.78, 5) is 4.11. The van der Waals surface area contributed by atoms with Crippen molar-refractivity contribution in [2.24, 2.45) is 0 Å². The standard InChI is InChI=1S/C13H22N2O/c1-3-16-10-5-4-9-15-12(2)13-7-6-8-14-11-13/h6-8,11-12,15H,3-5,9-10H2,1-2H3. The first-order valence-corrected chi connectivity index (χ1v) is 6.05. The van der Waals surface area contributed by atoms with Crippen LogP contribution in [0.25, 0.3) is 0 Å². The highest BCUT2D eigenvalue weighted by molar-refractivity contribution is 5.12. The Morgan fingerprint density at radius 2 is 2.31 bits per heavy atom. The van der Waals surface area contributed by atoms with Crippen LogP contribution in [0.15, 0.2) is 24.5 Å². The molecule has 3 nitrogen and oxygen atoms in total. The van der Waals surface area contributed by atoms with E-state index in [1.54, 1.807) is 6.20 Å². The van der Waals surface area contributed by atoms with Gasteiger partial charge >= 0.3 is 0 Å². The Bertz CT molecular complexity index is 264. The second-order valence-corrected chi connectivity index (χ2v) is 3.87. The van der Waals surface area contributed by atoms with Gasteiger partial charge in [-0.15, -0.1) is 0 Å². The summed E-state index contributed by atoms with van der Waals surface area (Å²) in [6.45, 7) is 6.92. The Kier molecular flexibility index (Phi) is 6.77. The quantitative estimate of drug-likeness (QED) is 0.686. The molecule has 0 aliphatic heterocycles. The highest BCUT2D eigenvalue weighted by Crippen LogP contribution is 2.09. The number of nitrogens with zero attached hydrogens (tertiary/aromatic N) is 1. The fourth-order valence-corrected chi connectivity index (χ4v) is 1.54. The van der Waals surface area contributed by atoms with E-state index >= 15 is 0 Å². The zero-order valence-corrected chi connectivity index (χ0v) is 10.3. The molecule has 0 aliphatic rings. The van der Waals surface area contributed by atoms with Gasteiger partial charge in [0.15, 0.2) is 0 Å². The van der Waals surface area contributed by atoms with Crippen LogP contribution in [0.3, 0.4) is 0 Å². The minimum atomic E-state index is 0.376. The van der Waals surface area contributed by atoms with E-state index in [0.29, 0.717) is 6.04 Å². The number of ether oxygens (including phenoxy) is 1. The third kappa shape index (κ3) is 5.24. The largest absolute Gasteiger partial charge is 0.382 e. The molecule has 1 unspecified atom stereocenters. The monoisotopic (exact) mass is 222 g/mol. The van der Waals surface area contributed by atoms with Gasteiger partial charge in [0, 0.05) is 31.6 Å². The van der Waals surface area contributed by atoms with Crippen LogP contribution in [0.4, 0.5) is 0 Å². The summed E-state index contributed by atoms with van der Waals surface area (Å²) >= 11 is 0. The second kappa shape index (κ2) is 8.25. The smallest absolute Gasteiger partial charge is 0.0466 e. The van der Waals surface area contributed by atoms with Crippen molar-refractivity contribution < 1.29 is 4.74 Å². The maximum absolute atomic E-state index is 5.29. The molecule has 0 saturated carbocycles. The van der Waals surface area contributed by atoms with Crippen LogP contribution in [0.1, 0.15) is 38.3 Å². The lowest BCUT2D eigenvalue weighted by molar-refractivity contribution is 0.143. The summed E-state index contributed by atoms with van der Waals surface area (Å²) in [7, 11) is 0. The van der Waals surface area contributed by atoms with Gasteiger partial charge in [-0.05, 0) is 44.9 Å². The lowest BCUT2D eigenvalue weighted by Crippen LogP contribution is -2.20. The van der Waals surface area contributed by atoms with E-state index in [-0.39, 0.29) is 0 Å². The van der Waals surface area contributed by atoms with Crippen molar-refractivity contribution in [3.05, 3.63) is 30.1 Å². The first-order valence-electron chi connectivity index (χ1n) is 6.05. The zero-order chi connectivity index (χ0) is 11.6. The van der Waals surface area contributed by atoms with E-state index in [1.165, 1.54) is 5.56 Å². The Morgan fingerprint density at radius 3 is 3.00 bits per heavy atom. The molecule has 0 spiro atoms. The van der Waals surface area contributed by atoms with Crippen LogP contribution in [-0.2, 0) is 4.74 Å². The predicted octanol–water partition coefficient (Wildman–Crippen LogP) is 2.55. The van der Waals surface area contributed by atoms with Crippen molar-refractivity contribution in [1.82, 2.24) is 10.3 Å². The van der Waals surface area contributed by atoms with Crippen LogP contribution in [-0.4, -0.2) is 24.7 Å². The number of aromatic nitrogens is 1. The van der Waals surface area contributed by atoms with Gasteiger partial charge in [0.2, 0.25) is 0 Å². The van der Waals surface area contributed by atoms with E-state index in [9.17, 15) is 0 Å². The Hall–Kier alpha value is -0.930. The molecule has 0 bridgehead atoms. The number of unbranched alkanes of at least 4 members (excludes halogenated alkanes) is 1. The normalized spacial score (nSPS) is 12.6. The molecular formula is C13H22N2O. The topological polar surface area (TPSA) is 34.1 Å². The molecule has 0 amide bonds. The zero-order valence-electron chi connectivity index (χ0n) is 10.3. The summed E-state index contributed by atoms with van der Waals surface area (Å²) in [5.74, 6) is 0. The average Bonchev–Trinajstić information content (AvgIpc) is 2.34. The van der Waals surface area contributed by atoms with Gasteiger partial charge in [0.05, 0.1) is 0 Å². The van der Waals surface area contributed by atoms with Crippen LogP contribution >= 0.6 is 0 Å². The molecule has 16 heavy (non-hydrogen) atoms. The second-order valence-electron chi connectivity index (χ2n) is 3.87. The molecule has 3 heteroatoms. The van der Waals surface area contributed by atoms with E-state index in [4.69, 9.17) is 4.74 Å². The fourth-order valence-electron chi connectivity index (χ4n) is 1.54. The van der Waals surface area contributed by atoms with Gasteiger partial charge < -0.3 is 10.1 Å². The molecule has 0 fully saturated rings. The van der Waals surface area contributed by atoms with Crippen LogP contribution in [0.2, 0.25) is 0 Å². The Morgan fingerprint density at radius 1 is 1.44 bits per heavy atom. The third-order valence-electron chi connectivity index (χ3n) is 2.55. The van der Waals surface area contributed by atoms with Crippen molar-refractivity contribution in [3.8, 4) is 0 Å². The van der Waals surface area contributed by atoms with Crippen LogP contribution < -0.4 is 5.32 Å². The first kappa shape index (κ1) is 13.1. The van der Waals surface area contributed by atoms with E-state index < -0.39 is 0 Å². The summed E-state index contributed by atoms with van der Waals surface area (Å²) in [6.07, 6.45) is 6.00. The Balaban J connectivity index is 2.09. The van der Waals surface area contributed by atoms with Gasteiger partial charge in [-0.2, -0.15) is 0 Å². The van der Waals surface area contributed by atoms with Gasteiger partial charge in [-0.3, -0.25) is 4.98 Å². The highest BCUT2D eigenvalue weighted by atomic mass is 16.5. The lowest BCUT2D eigenvalue weighted by atomic mass is 10.1.